The van der Waals surface area contributed by atoms with Crippen molar-refractivity contribution in [1.82, 2.24) is 4.98 Å². The van der Waals surface area contributed by atoms with E-state index in [9.17, 15) is 0 Å². The van der Waals surface area contributed by atoms with Crippen molar-refractivity contribution in [2.75, 3.05) is 23.7 Å². The maximum Gasteiger partial charge on any atom is 0.0745 e. The van der Waals surface area contributed by atoms with Gasteiger partial charge in [-0.3, -0.25) is 4.98 Å². The van der Waals surface area contributed by atoms with E-state index < -0.39 is 0 Å². The summed E-state index contributed by atoms with van der Waals surface area (Å²) in [5.41, 5.74) is 9.18. The molecule has 1 aromatic carbocycles. The molecule has 0 saturated carbocycles. The van der Waals surface area contributed by atoms with Gasteiger partial charge in [0.1, 0.15) is 0 Å². The molecule has 0 bridgehead atoms. The third-order valence-electron chi connectivity index (χ3n) is 3.70. The molecule has 3 nitrogen and oxygen atoms in total. The summed E-state index contributed by atoms with van der Waals surface area (Å²) < 4.78 is 0. The number of aromatic nitrogens is 1. The molecule has 1 aliphatic heterocycles. The molecule has 94 valence electrons. The predicted octanol–water partition coefficient (Wildman–Crippen LogP) is 3.20. The highest BCUT2D eigenvalue weighted by molar-refractivity contribution is 5.97. The molecule has 1 saturated heterocycles. The SMILES string of the molecule is Nc1cnc2ccccc2c1N1CCCCCC1. The van der Waals surface area contributed by atoms with Gasteiger partial charge >= 0.3 is 0 Å². The van der Waals surface area contributed by atoms with Crippen LogP contribution in [0.4, 0.5) is 11.4 Å². The number of pyridine rings is 1. The molecule has 2 heterocycles. The van der Waals surface area contributed by atoms with Crippen molar-refractivity contribution < 1.29 is 0 Å². The van der Waals surface area contributed by atoms with Crippen LogP contribution < -0.4 is 10.6 Å². The van der Waals surface area contributed by atoms with Gasteiger partial charge in [0.25, 0.3) is 0 Å². The van der Waals surface area contributed by atoms with Crippen LogP contribution in [0.15, 0.2) is 30.5 Å². The van der Waals surface area contributed by atoms with Gasteiger partial charge < -0.3 is 10.6 Å². The third-order valence-corrected chi connectivity index (χ3v) is 3.70. The van der Waals surface area contributed by atoms with E-state index >= 15 is 0 Å². The molecular weight excluding hydrogens is 222 g/mol. The van der Waals surface area contributed by atoms with Gasteiger partial charge in [0.2, 0.25) is 0 Å². The van der Waals surface area contributed by atoms with Gasteiger partial charge in [-0.25, -0.2) is 0 Å². The number of anilines is 2. The fraction of sp³-hybridized carbons (Fsp3) is 0.400. The Kier molecular flexibility index (Phi) is 3.05. The fourth-order valence-corrected chi connectivity index (χ4v) is 2.79. The van der Waals surface area contributed by atoms with E-state index in [4.69, 9.17) is 5.73 Å². The lowest BCUT2D eigenvalue weighted by Gasteiger charge is -2.25. The first-order valence-electron chi connectivity index (χ1n) is 6.74. The number of benzene rings is 1. The first-order valence-corrected chi connectivity index (χ1v) is 6.74. The van der Waals surface area contributed by atoms with Crippen LogP contribution in [0.5, 0.6) is 0 Å². The van der Waals surface area contributed by atoms with E-state index in [-0.39, 0.29) is 0 Å². The Morgan fingerprint density at radius 1 is 1.00 bits per heavy atom. The summed E-state index contributed by atoms with van der Waals surface area (Å²) >= 11 is 0. The molecule has 18 heavy (non-hydrogen) atoms. The Hall–Kier alpha value is -1.77. The maximum absolute atomic E-state index is 6.16. The van der Waals surface area contributed by atoms with Crippen molar-refractivity contribution in [1.29, 1.82) is 0 Å². The first-order chi connectivity index (χ1) is 8.86. The molecule has 1 aromatic heterocycles. The number of nitrogen functional groups attached to an aromatic ring is 1. The van der Waals surface area contributed by atoms with Gasteiger partial charge in [0.15, 0.2) is 0 Å². The number of hydrogen-bond donors (Lipinski definition) is 1. The average Bonchev–Trinajstić information content (AvgIpc) is 2.67. The van der Waals surface area contributed by atoms with Crippen LogP contribution in [0.25, 0.3) is 10.9 Å². The minimum absolute atomic E-state index is 0.801. The van der Waals surface area contributed by atoms with Crippen LogP contribution in [-0.4, -0.2) is 18.1 Å². The molecule has 1 fully saturated rings. The predicted molar refractivity (Wildman–Crippen MR) is 76.8 cm³/mol. The standard InChI is InChI=1S/C15H19N3/c16-13-11-17-14-8-4-3-7-12(14)15(13)18-9-5-1-2-6-10-18/h3-4,7-8,11H,1-2,5-6,9-10,16H2. The van der Waals surface area contributed by atoms with E-state index in [1.807, 2.05) is 6.07 Å². The number of nitrogens with two attached hydrogens (primary N) is 1. The zero-order chi connectivity index (χ0) is 12.4. The van der Waals surface area contributed by atoms with E-state index in [0.29, 0.717) is 0 Å². The Labute approximate surface area is 108 Å². The first kappa shape index (κ1) is 11.3. The summed E-state index contributed by atoms with van der Waals surface area (Å²) in [6.45, 7) is 2.22. The molecule has 2 N–H and O–H groups in total. The van der Waals surface area contributed by atoms with Crippen LogP contribution in [0.1, 0.15) is 25.7 Å². The average molecular weight is 241 g/mol. The van der Waals surface area contributed by atoms with Crippen molar-refractivity contribution >= 4 is 22.3 Å². The summed E-state index contributed by atoms with van der Waals surface area (Å²) in [4.78, 5) is 6.84. The zero-order valence-electron chi connectivity index (χ0n) is 10.6. The second kappa shape index (κ2) is 4.84. The topological polar surface area (TPSA) is 42.1 Å². The monoisotopic (exact) mass is 241 g/mol. The lowest BCUT2D eigenvalue weighted by molar-refractivity contribution is 0.726. The fourth-order valence-electron chi connectivity index (χ4n) is 2.79. The van der Waals surface area contributed by atoms with E-state index in [2.05, 4.69) is 28.1 Å². The smallest absolute Gasteiger partial charge is 0.0745 e. The van der Waals surface area contributed by atoms with E-state index in [1.54, 1.807) is 6.20 Å². The molecule has 0 atom stereocenters. The Morgan fingerprint density at radius 3 is 2.50 bits per heavy atom. The molecule has 3 heteroatoms. The number of nitrogens with zero attached hydrogens (tertiary/aromatic N) is 2. The van der Waals surface area contributed by atoms with Crippen LogP contribution in [0.2, 0.25) is 0 Å². The van der Waals surface area contributed by atoms with Crippen LogP contribution in [-0.2, 0) is 0 Å². The van der Waals surface area contributed by atoms with Gasteiger partial charge in [-0.15, -0.1) is 0 Å². The molecule has 0 aliphatic carbocycles. The normalized spacial score (nSPS) is 16.8. The van der Waals surface area contributed by atoms with Crippen LogP contribution in [0, 0.1) is 0 Å². The summed E-state index contributed by atoms with van der Waals surface area (Å²) in [7, 11) is 0. The number of hydrogen-bond acceptors (Lipinski definition) is 3. The molecule has 2 aromatic rings. The van der Waals surface area contributed by atoms with Gasteiger partial charge in [-0.05, 0) is 18.9 Å². The van der Waals surface area contributed by atoms with Gasteiger partial charge in [-0.2, -0.15) is 0 Å². The third kappa shape index (κ3) is 2.01. The van der Waals surface area contributed by atoms with Crippen molar-refractivity contribution in [2.45, 2.75) is 25.7 Å². The molecule has 0 amide bonds. The van der Waals surface area contributed by atoms with Crippen LogP contribution in [0.3, 0.4) is 0 Å². The van der Waals surface area contributed by atoms with E-state index in [1.165, 1.54) is 36.8 Å². The maximum atomic E-state index is 6.16. The largest absolute Gasteiger partial charge is 0.396 e. The Morgan fingerprint density at radius 2 is 1.72 bits per heavy atom. The highest BCUT2D eigenvalue weighted by atomic mass is 15.1. The quantitative estimate of drug-likeness (QED) is 0.833. The Bertz CT molecular complexity index is 542. The minimum atomic E-state index is 0.801. The number of fused-ring (bicyclic) bond motifs is 1. The number of rotatable bonds is 1. The lowest BCUT2D eigenvalue weighted by atomic mass is 10.1. The highest BCUT2D eigenvalue weighted by Crippen LogP contribution is 2.32. The second-order valence-corrected chi connectivity index (χ2v) is 4.98. The second-order valence-electron chi connectivity index (χ2n) is 4.98. The summed E-state index contributed by atoms with van der Waals surface area (Å²) in [5.74, 6) is 0. The van der Waals surface area contributed by atoms with E-state index in [0.717, 1.165) is 24.3 Å². The van der Waals surface area contributed by atoms with Gasteiger partial charge in [-0.1, -0.05) is 31.0 Å². The van der Waals surface area contributed by atoms with Crippen molar-refractivity contribution in [3.8, 4) is 0 Å². The van der Waals surface area contributed by atoms with Crippen molar-refractivity contribution in [3.63, 3.8) is 0 Å². The Balaban J connectivity index is 2.11. The van der Waals surface area contributed by atoms with Gasteiger partial charge in [0, 0.05) is 18.5 Å². The minimum Gasteiger partial charge on any atom is -0.396 e. The number of para-hydroxylation sites is 1. The highest BCUT2D eigenvalue weighted by Gasteiger charge is 2.15. The molecule has 0 unspecified atom stereocenters. The zero-order valence-corrected chi connectivity index (χ0v) is 10.6. The molecule has 0 radical (unpaired) electrons. The summed E-state index contributed by atoms with van der Waals surface area (Å²) in [6, 6.07) is 8.26. The summed E-state index contributed by atoms with van der Waals surface area (Å²) in [6.07, 6.45) is 6.98. The van der Waals surface area contributed by atoms with Crippen molar-refractivity contribution in [3.05, 3.63) is 30.5 Å². The lowest BCUT2D eigenvalue weighted by Crippen LogP contribution is -2.25. The molecule has 0 spiro atoms. The molecule has 1 aliphatic rings. The van der Waals surface area contributed by atoms with Gasteiger partial charge in [0.05, 0.1) is 23.1 Å². The molecular formula is C15H19N3. The molecule has 3 rings (SSSR count). The van der Waals surface area contributed by atoms with Crippen LogP contribution >= 0.6 is 0 Å². The van der Waals surface area contributed by atoms with Crippen molar-refractivity contribution in [2.24, 2.45) is 0 Å². The summed E-state index contributed by atoms with van der Waals surface area (Å²) in [5, 5.41) is 1.18.